The Morgan fingerprint density at radius 1 is 0.316 bits per heavy atom. The van der Waals surface area contributed by atoms with Crippen molar-refractivity contribution in [3.05, 3.63) is 254 Å². The van der Waals surface area contributed by atoms with Gasteiger partial charge in [0.1, 0.15) is 11.6 Å². The van der Waals surface area contributed by atoms with Crippen molar-refractivity contribution in [1.29, 1.82) is 0 Å². The van der Waals surface area contributed by atoms with Crippen LogP contribution in [0.1, 0.15) is 11.9 Å². The minimum atomic E-state index is -0.634. The van der Waals surface area contributed by atoms with Gasteiger partial charge in [0.05, 0.1) is 55.5 Å². The second kappa shape index (κ2) is 16.6. The molecule has 0 saturated heterocycles. The van der Waals surface area contributed by atoms with Gasteiger partial charge >= 0.3 is 0 Å². The number of amidine groups is 1. The fourth-order valence-electron chi connectivity index (χ4n) is 12.0. The maximum absolute atomic E-state index is 5.60. The van der Waals surface area contributed by atoms with Crippen LogP contribution in [0, 0.1) is 0 Å². The number of nitrogens with zero attached hydrogens (tertiary/aromatic N) is 8. The number of aliphatic imine (C=N–C) groups is 2. The molecule has 1 N–H and O–H groups in total. The van der Waals surface area contributed by atoms with Crippen molar-refractivity contribution in [3.8, 4) is 34.2 Å². The first-order valence-electron chi connectivity index (χ1n) is 25.7. The van der Waals surface area contributed by atoms with E-state index in [1.54, 1.807) is 0 Å². The van der Waals surface area contributed by atoms with Gasteiger partial charge < -0.3 is 9.88 Å². The van der Waals surface area contributed by atoms with E-state index in [9.17, 15) is 0 Å². The zero-order valence-electron chi connectivity index (χ0n) is 40.8. The molecule has 0 radical (unpaired) electrons. The van der Waals surface area contributed by atoms with E-state index in [0.717, 1.165) is 127 Å². The van der Waals surface area contributed by atoms with Crippen LogP contribution >= 0.6 is 0 Å². The molecular formula is C67H43N9. The summed E-state index contributed by atoms with van der Waals surface area (Å²) in [4.78, 5) is 21.9. The molecule has 16 rings (SSSR count). The molecule has 356 valence electrons. The molecule has 0 aliphatic carbocycles. The van der Waals surface area contributed by atoms with Gasteiger partial charge in [0.15, 0.2) is 5.84 Å². The van der Waals surface area contributed by atoms with E-state index >= 15 is 0 Å². The van der Waals surface area contributed by atoms with E-state index in [-0.39, 0.29) is 0 Å². The first kappa shape index (κ1) is 42.2. The van der Waals surface area contributed by atoms with Crippen molar-refractivity contribution in [2.24, 2.45) is 9.98 Å². The van der Waals surface area contributed by atoms with Crippen LogP contribution in [-0.2, 0) is 0 Å². The highest BCUT2D eigenvalue weighted by molar-refractivity contribution is 6.28. The average molecular weight is 974 g/mol. The van der Waals surface area contributed by atoms with Crippen LogP contribution in [0.5, 0.6) is 0 Å². The second-order valence-corrected chi connectivity index (χ2v) is 19.4. The summed E-state index contributed by atoms with van der Waals surface area (Å²) in [5.74, 6) is 2.96. The number of hydrogen-bond donors (Lipinski definition) is 1. The van der Waals surface area contributed by atoms with Gasteiger partial charge in [-0.25, -0.2) is 15.0 Å². The first-order valence-corrected chi connectivity index (χ1v) is 25.7. The molecule has 9 nitrogen and oxygen atoms in total. The normalized spacial score (nSPS) is 13.9. The van der Waals surface area contributed by atoms with E-state index in [1.165, 1.54) is 0 Å². The van der Waals surface area contributed by atoms with Crippen molar-refractivity contribution < 1.29 is 0 Å². The third-order valence-corrected chi connectivity index (χ3v) is 15.2. The molecule has 0 saturated carbocycles. The minimum absolute atomic E-state index is 0.623. The van der Waals surface area contributed by atoms with E-state index in [1.807, 2.05) is 18.2 Å². The summed E-state index contributed by atoms with van der Waals surface area (Å²) in [5, 5.41) is 13.0. The molecule has 6 aromatic heterocycles. The highest BCUT2D eigenvalue weighted by Crippen LogP contribution is 2.44. The van der Waals surface area contributed by atoms with Crippen LogP contribution < -0.4 is 5.32 Å². The van der Waals surface area contributed by atoms with Crippen molar-refractivity contribution in [3.63, 3.8) is 0 Å². The number of fused-ring (bicyclic) bond motifs is 14. The molecule has 9 aromatic carbocycles. The molecule has 76 heavy (non-hydrogen) atoms. The second-order valence-electron chi connectivity index (χ2n) is 19.4. The molecule has 1 aliphatic heterocycles. The van der Waals surface area contributed by atoms with Gasteiger partial charge in [-0.15, -0.1) is 0 Å². The minimum Gasteiger partial charge on any atom is -0.316 e. The lowest BCUT2D eigenvalue weighted by molar-refractivity contribution is 0.509. The Kier molecular flexibility index (Phi) is 9.19. The highest BCUT2D eigenvalue weighted by atomic mass is 15.4. The number of rotatable bonds is 6. The molecule has 9 heteroatoms. The quantitative estimate of drug-likeness (QED) is 0.180. The topological polar surface area (TPSA) is 82.2 Å². The fourth-order valence-corrected chi connectivity index (χ4v) is 12.0. The van der Waals surface area contributed by atoms with E-state index < -0.39 is 6.29 Å². The van der Waals surface area contributed by atoms with Gasteiger partial charge in [-0.2, -0.15) is 4.99 Å². The van der Waals surface area contributed by atoms with Crippen molar-refractivity contribution in [1.82, 2.24) is 33.6 Å². The van der Waals surface area contributed by atoms with Gasteiger partial charge in [0.2, 0.25) is 12.2 Å². The first-order chi connectivity index (χ1) is 37.7. The lowest BCUT2D eigenvalue weighted by Gasteiger charge is -2.27. The van der Waals surface area contributed by atoms with Crippen LogP contribution in [0.15, 0.2) is 259 Å². The lowest BCUT2D eigenvalue weighted by atomic mass is 10.1. The summed E-state index contributed by atoms with van der Waals surface area (Å²) >= 11 is 0. The summed E-state index contributed by atoms with van der Waals surface area (Å²) in [6.45, 7) is 0. The lowest BCUT2D eigenvalue weighted by Crippen LogP contribution is -2.40. The van der Waals surface area contributed by atoms with Crippen molar-refractivity contribution in [2.45, 2.75) is 6.29 Å². The summed E-state index contributed by atoms with van der Waals surface area (Å²) in [5.41, 5.74) is 13.3. The zero-order chi connectivity index (χ0) is 49.8. The van der Waals surface area contributed by atoms with Gasteiger partial charge in [-0.3, -0.25) is 13.7 Å². The standard InChI is InChI=1S/C67H43N9/c1-4-20-42(21-5-1)52-30-18-36-59(68-52)74-54-32-14-10-26-45(54)48-40-41-58-61(62(48)74)51-29-13-17-35-57(51)73(58)66-70-65(44-24-8-3-9-25-44)71-67(72-66)76-56-34-16-12-28-47(56)50-39-38-49-46-27-11-15-33-55(46)75(63(49)64(50)76)60-37-19-31-53(69-60)43-22-6-2-7-23-43/h1-41,66H,(H,70,71,72). The number of hydrogen-bond acceptors (Lipinski definition) is 5. The Hall–Kier alpha value is -10.4. The van der Waals surface area contributed by atoms with E-state index in [4.69, 9.17) is 20.0 Å². The Balaban J connectivity index is 0.964. The van der Waals surface area contributed by atoms with E-state index in [0.29, 0.717) is 11.8 Å². The van der Waals surface area contributed by atoms with Crippen LogP contribution in [0.25, 0.3) is 121 Å². The fraction of sp³-hybridized carbons (Fsp3) is 0.0149. The molecule has 1 unspecified atom stereocenters. The maximum Gasteiger partial charge on any atom is 0.213 e. The smallest absolute Gasteiger partial charge is 0.213 e. The van der Waals surface area contributed by atoms with Crippen molar-refractivity contribution >= 4 is 99.0 Å². The monoisotopic (exact) mass is 973 g/mol. The molecule has 7 heterocycles. The average Bonchev–Trinajstić information content (AvgIpc) is 4.34. The molecule has 1 aliphatic rings. The number of pyridine rings is 2. The SMILES string of the molecule is c1ccc(C2=NC(n3c4ccccc4c4c5c(ccc43)c3ccccc3n5-c3cccc(-c4ccccc4)n3)NC(n3c4ccccc4c4ccc5c6ccccc6n(-c6cccc(-c7ccccc7)n6)c5c43)=N2)cc1. The number of benzene rings is 9. The van der Waals surface area contributed by atoms with Gasteiger partial charge in [0, 0.05) is 59.8 Å². The number of para-hydroxylation sites is 4. The molecule has 15 aromatic rings. The third kappa shape index (κ3) is 6.26. The van der Waals surface area contributed by atoms with Crippen LogP contribution in [0.4, 0.5) is 0 Å². The van der Waals surface area contributed by atoms with Crippen LogP contribution in [0.2, 0.25) is 0 Å². The Morgan fingerprint density at radius 3 is 1.32 bits per heavy atom. The molecule has 0 fully saturated rings. The summed E-state index contributed by atoms with van der Waals surface area (Å²) in [6.07, 6.45) is -0.634. The molecule has 1 atom stereocenters. The summed E-state index contributed by atoms with van der Waals surface area (Å²) in [6, 6.07) is 87.6. The molecule has 0 bridgehead atoms. The Morgan fingerprint density at radius 2 is 0.750 bits per heavy atom. The van der Waals surface area contributed by atoms with Crippen LogP contribution in [0.3, 0.4) is 0 Å². The summed E-state index contributed by atoms with van der Waals surface area (Å²) < 4.78 is 9.37. The predicted octanol–water partition coefficient (Wildman–Crippen LogP) is 15.6. The van der Waals surface area contributed by atoms with Gasteiger partial charge in [0.25, 0.3) is 0 Å². The molecule has 0 amide bonds. The number of nitrogens with one attached hydrogen (secondary N) is 1. The van der Waals surface area contributed by atoms with Gasteiger partial charge in [-0.05, 0) is 54.6 Å². The summed E-state index contributed by atoms with van der Waals surface area (Å²) in [7, 11) is 0. The van der Waals surface area contributed by atoms with Crippen LogP contribution in [-0.4, -0.2) is 40.0 Å². The zero-order valence-corrected chi connectivity index (χ0v) is 40.8. The molecule has 0 spiro atoms. The maximum atomic E-state index is 5.60. The Bertz CT molecular complexity index is 4900. The Labute approximate surface area is 435 Å². The predicted molar refractivity (Wildman–Crippen MR) is 312 cm³/mol. The highest BCUT2D eigenvalue weighted by Gasteiger charge is 2.30. The van der Waals surface area contributed by atoms with Gasteiger partial charge in [-0.1, -0.05) is 194 Å². The van der Waals surface area contributed by atoms with E-state index in [2.05, 4.69) is 254 Å². The third-order valence-electron chi connectivity index (χ3n) is 15.2. The van der Waals surface area contributed by atoms with Crippen molar-refractivity contribution in [2.75, 3.05) is 0 Å². The molecular weight excluding hydrogens is 931 g/mol. The largest absolute Gasteiger partial charge is 0.316 e. The number of aromatic nitrogens is 6.